The third-order valence-electron chi connectivity index (χ3n) is 4.19. The summed E-state index contributed by atoms with van der Waals surface area (Å²) in [5.74, 6) is -0.0286. The predicted octanol–water partition coefficient (Wildman–Crippen LogP) is 2.62. The van der Waals surface area contributed by atoms with Crippen LogP contribution in [-0.4, -0.2) is 35.0 Å². The number of nitrogens with zero attached hydrogens (tertiary/aromatic N) is 3. The lowest BCUT2D eigenvalue weighted by molar-refractivity contribution is -0.129. The number of carbonyl (C=O) groups is 1. The number of likely N-dealkylation sites (tertiary alicyclic amines) is 1. The van der Waals surface area contributed by atoms with Crippen LogP contribution < -0.4 is 4.74 Å². The molecule has 0 saturated carbocycles. The summed E-state index contributed by atoms with van der Waals surface area (Å²) in [7, 11) is 0. The van der Waals surface area contributed by atoms with Crippen molar-refractivity contribution in [3.8, 4) is 11.9 Å². The minimum absolute atomic E-state index is 0.0509. The maximum absolute atomic E-state index is 13.8. The van der Waals surface area contributed by atoms with Gasteiger partial charge in [-0.05, 0) is 24.6 Å². The van der Waals surface area contributed by atoms with Crippen LogP contribution in [0.2, 0.25) is 0 Å². The second-order valence-electron chi connectivity index (χ2n) is 6.14. The van der Waals surface area contributed by atoms with Crippen LogP contribution in [0, 0.1) is 24.1 Å². The molecule has 1 atom stereocenters. The van der Waals surface area contributed by atoms with Gasteiger partial charge in [-0.1, -0.05) is 17.7 Å². The zero-order valence-corrected chi connectivity index (χ0v) is 13.9. The highest BCUT2D eigenvalue weighted by atomic mass is 19.1. The molecule has 1 aliphatic heterocycles. The van der Waals surface area contributed by atoms with Gasteiger partial charge in [0, 0.05) is 25.2 Å². The van der Waals surface area contributed by atoms with Crippen molar-refractivity contribution in [3.63, 3.8) is 0 Å². The normalized spacial score (nSPS) is 16.5. The Balaban J connectivity index is 1.57. The summed E-state index contributed by atoms with van der Waals surface area (Å²) in [6.45, 7) is 2.90. The smallest absolute Gasteiger partial charge is 0.227 e. The molecule has 0 N–H and O–H groups in total. The van der Waals surface area contributed by atoms with Gasteiger partial charge in [0.2, 0.25) is 11.8 Å². The fourth-order valence-electron chi connectivity index (χ4n) is 2.85. The average Bonchev–Trinajstić information content (AvgIpc) is 3.07. The number of halogens is 1. The lowest BCUT2D eigenvalue weighted by Gasteiger charge is -2.17. The number of aromatic nitrogens is 1. The molecule has 0 aliphatic carbocycles. The van der Waals surface area contributed by atoms with E-state index >= 15 is 0 Å². The molecule has 6 heteroatoms. The second kappa shape index (κ2) is 7.31. The van der Waals surface area contributed by atoms with E-state index in [9.17, 15) is 9.18 Å². The van der Waals surface area contributed by atoms with Crippen molar-refractivity contribution in [1.82, 2.24) is 9.88 Å². The number of carbonyl (C=O) groups excluding carboxylic acids is 1. The van der Waals surface area contributed by atoms with Crippen molar-refractivity contribution < 1.29 is 13.9 Å². The number of hydrogen-bond donors (Lipinski definition) is 0. The predicted molar refractivity (Wildman–Crippen MR) is 89.4 cm³/mol. The third-order valence-corrected chi connectivity index (χ3v) is 4.19. The van der Waals surface area contributed by atoms with Crippen LogP contribution in [0.1, 0.15) is 23.1 Å². The Kier molecular flexibility index (Phi) is 4.94. The van der Waals surface area contributed by atoms with Gasteiger partial charge in [-0.2, -0.15) is 5.26 Å². The van der Waals surface area contributed by atoms with Crippen molar-refractivity contribution >= 4 is 5.91 Å². The lowest BCUT2D eigenvalue weighted by Crippen LogP contribution is -2.32. The quantitative estimate of drug-likeness (QED) is 0.859. The van der Waals surface area contributed by atoms with Gasteiger partial charge in [0.15, 0.2) is 0 Å². The minimum atomic E-state index is -0.354. The first-order valence-electron chi connectivity index (χ1n) is 8.11. The fraction of sp³-hybridized carbons (Fsp3) is 0.316. The number of nitriles is 1. The molecule has 1 amide bonds. The van der Waals surface area contributed by atoms with Crippen LogP contribution in [0.15, 0.2) is 36.5 Å². The van der Waals surface area contributed by atoms with Crippen LogP contribution in [-0.2, 0) is 11.2 Å². The Morgan fingerprint density at radius 3 is 3.00 bits per heavy atom. The number of pyridine rings is 1. The van der Waals surface area contributed by atoms with Gasteiger partial charge in [0.25, 0.3) is 0 Å². The molecule has 2 heterocycles. The van der Waals surface area contributed by atoms with E-state index in [1.165, 1.54) is 12.3 Å². The monoisotopic (exact) mass is 339 g/mol. The first-order valence-corrected chi connectivity index (χ1v) is 8.11. The molecule has 1 fully saturated rings. The SMILES string of the molecule is Cc1ccc(F)c(CC(=O)N2CCC(Oc3ccc(C#N)cn3)C2)c1. The van der Waals surface area contributed by atoms with Crippen molar-refractivity contribution in [2.45, 2.75) is 25.9 Å². The molecule has 0 bridgehead atoms. The molecule has 3 rings (SSSR count). The standard InChI is InChI=1S/C19H18FN3O2/c1-13-2-4-17(20)15(8-13)9-19(24)23-7-6-16(12-23)25-18-5-3-14(10-21)11-22-18/h2-5,8,11,16H,6-7,9,12H2,1H3. The Morgan fingerprint density at radius 1 is 1.44 bits per heavy atom. The number of amides is 1. The second-order valence-corrected chi connectivity index (χ2v) is 6.14. The molecule has 0 radical (unpaired) electrons. The van der Waals surface area contributed by atoms with E-state index in [1.54, 1.807) is 29.2 Å². The van der Waals surface area contributed by atoms with Crippen molar-refractivity contribution in [2.24, 2.45) is 0 Å². The summed E-state index contributed by atoms with van der Waals surface area (Å²) in [5.41, 5.74) is 1.82. The van der Waals surface area contributed by atoms with Crippen molar-refractivity contribution in [3.05, 3.63) is 59.0 Å². The van der Waals surface area contributed by atoms with Crippen LogP contribution in [0.25, 0.3) is 0 Å². The molecule has 2 aromatic rings. The van der Waals surface area contributed by atoms with Crippen LogP contribution in [0.3, 0.4) is 0 Å². The number of ether oxygens (including phenoxy) is 1. The Labute approximate surface area is 145 Å². The molecule has 5 nitrogen and oxygen atoms in total. The maximum atomic E-state index is 13.8. The van der Waals surface area contributed by atoms with E-state index in [0.29, 0.717) is 36.5 Å². The molecule has 1 aliphatic rings. The zero-order valence-electron chi connectivity index (χ0n) is 13.9. The van der Waals surface area contributed by atoms with Crippen LogP contribution >= 0.6 is 0 Å². The highest BCUT2D eigenvalue weighted by Gasteiger charge is 2.28. The van der Waals surface area contributed by atoms with Gasteiger partial charge in [-0.3, -0.25) is 4.79 Å². The highest BCUT2D eigenvalue weighted by molar-refractivity contribution is 5.79. The van der Waals surface area contributed by atoms with E-state index in [0.717, 1.165) is 5.56 Å². The molecule has 1 unspecified atom stereocenters. The van der Waals surface area contributed by atoms with Gasteiger partial charge >= 0.3 is 0 Å². The third kappa shape index (κ3) is 4.13. The van der Waals surface area contributed by atoms with Crippen molar-refractivity contribution in [2.75, 3.05) is 13.1 Å². The highest BCUT2D eigenvalue weighted by Crippen LogP contribution is 2.19. The lowest BCUT2D eigenvalue weighted by atomic mass is 10.1. The number of rotatable bonds is 4. The summed E-state index contributed by atoms with van der Waals surface area (Å²) >= 11 is 0. The zero-order chi connectivity index (χ0) is 17.8. The Bertz CT molecular complexity index is 814. The van der Waals surface area contributed by atoms with E-state index in [1.807, 2.05) is 13.0 Å². The summed E-state index contributed by atoms with van der Waals surface area (Å²) in [5, 5.41) is 8.76. The summed E-state index contributed by atoms with van der Waals surface area (Å²) in [6.07, 6.45) is 2.05. The van der Waals surface area contributed by atoms with Crippen LogP contribution in [0.5, 0.6) is 5.88 Å². The van der Waals surface area contributed by atoms with Gasteiger partial charge < -0.3 is 9.64 Å². The van der Waals surface area contributed by atoms with E-state index in [2.05, 4.69) is 4.98 Å². The molecule has 1 aromatic heterocycles. The first-order chi connectivity index (χ1) is 12.0. The topological polar surface area (TPSA) is 66.2 Å². The number of hydrogen-bond acceptors (Lipinski definition) is 4. The van der Waals surface area contributed by atoms with Crippen molar-refractivity contribution in [1.29, 1.82) is 5.26 Å². The minimum Gasteiger partial charge on any atom is -0.472 e. The van der Waals surface area contributed by atoms with Gasteiger partial charge in [0.1, 0.15) is 18.0 Å². The van der Waals surface area contributed by atoms with E-state index in [4.69, 9.17) is 10.00 Å². The van der Waals surface area contributed by atoms with E-state index in [-0.39, 0.29) is 24.2 Å². The average molecular weight is 339 g/mol. The Morgan fingerprint density at radius 2 is 2.28 bits per heavy atom. The van der Waals surface area contributed by atoms with E-state index < -0.39 is 0 Å². The molecular weight excluding hydrogens is 321 g/mol. The summed E-state index contributed by atoms with van der Waals surface area (Å²) < 4.78 is 19.6. The molecule has 1 saturated heterocycles. The molecule has 25 heavy (non-hydrogen) atoms. The first kappa shape index (κ1) is 16.9. The number of benzene rings is 1. The molecular formula is C19H18FN3O2. The van der Waals surface area contributed by atoms with Gasteiger partial charge in [0.05, 0.1) is 18.5 Å². The largest absolute Gasteiger partial charge is 0.472 e. The summed E-state index contributed by atoms with van der Waals surface area (Å²) in [6, 6.07) is 10.1. The summed E-state index contributed by atoms with van der Waals surface area (Å²) in [4.78, 5) is 18.2. The molecule has 1 aromatic carbocycles. The number of aryl methyl sites for hydroxylation is 1. The Hall–Kier alpha value is -2.94. The van der Waals surface area contributed by atoms with Gasteiger partial charge in [-0.15, -0.1) is 0 Å². The fourth-order valence-corrected chi connectivity index (χ4v) is 2.85. The van der Waals surface area contributed by atoms with Gasteiger partial charge in [-0.25, -0.2) is 9.37 Å². The maximum Gasteiger partial charge on any atom is 0.227 e. The van der Waals surface area contributed by atoms with Crippen LogP contribution in [0.4, 0.5) is 4.39 Å². The molecule has 128 valence electrons. The molecule has 0 spiro atoms.